The minimum Gasteiger partial charge on any atom is -0.277 e. The molecule has 1 aromatic heterocycles. The lowest BCUT2D eigenvalue weighted by Gasteiger charge is -2.08. The number of aryl methyl sites for hydroxylation is 2. The van der Waals surface area contributed by atoms with Crippen molar-refractivity contribution in [3.8, 4) is 0 Å². The van der Waals surface area contributed by atoms with E-state index in [0.717, 1.165) is 4.68 Å². The summed E-state index contributed by atoms with van der Waals surface area (Å²) < 4.78 is 1.13. The lowest BCUT2D eigenvalue weighted by atomic mass is 10.1. The van der Waals surface area contributed by atoms with Gasteiger partial charge in [0.1, 0.15) is 5.56 Å². The van der Waals surface area contributed by atoms with E-state index in [1.54, 1.807) is 13.8 Å². The topological polar surface area (TPSA) is 73.2 Å². The van der Waals surface area contributed by atoms with E-state index in [2.05, 4.69) is 15.4 Å². The van der Waals surface area contributed by atoms with Crippen molar-refractivity contribution in [2.24, 2.45) is 7.05 Å². The number of aromatic nitrogens is 2. The van der Waals surface area contributed by atoms with Crippen molar-refractivity contribution in [2.45, 2.75) is 13.8 Å². The Morgan fingerprint density at radius 2 is 2.07 bits per heavy atom. The molecule has 0 saturated heterocycles. The quantitative estimate of drug-likeness (QED) is 0.681. The average molecular weight is 211 g/mol. The predicted molar refractivity (Wildman–Crippen MR) is 53.4 cm³/mol. The fourth-order valence-corrected chi connectivity index (χ4v) is 1.26. The molecular weight excluding hydrogens is 198 g/mol. The monoisotopic (exact) mass is 211 g/mol. The van der Waals surface area contributed by atoms with Crippen LogP contribution in [0.2, 0.25) is 0 Å². The maximum absolute atomic E-state index is 11.6. The van der Waals surface area contributed by atoms with Crippen LogP contribution in [0.15, 0.2) is 4.79 Å². The fourth-order valence-electron chi connectivity index (χ4n) is 1.26. The van der Waals surface area contributed by atoms with Crippen molar-refractivity contribution >= 4 is 5.91 Å². The van der Waals surface area contributed by atoms with Crippen LogP contribution in [-0.2, 0) is 11.9 Å². The van der Waals surface area contributed by atoms with Gasteiger partial charge < -0.3 is 0 Å². The fraction of sp³-hybridized carbons (Fsp3) is 0.444. The van der Waals surface area contributed by atoms with Gasteiger partial charge in [-0.2, -0.15) is 5.10 Å². The van der Waals surface area contributed by atoms with Crippen LogP contribution in [0.3, 0.4) is 0 Å². The molecule has 0 atom stereocenters. The van der Waals surface area contributed by atoms with Gasteiger partial charge >= 0.3 is 0 Å². The first-order valence-electron chi connectivity index (χ1n) is 4.37. The van der Waals surface area contributed by atoms with Crippen molar-refractivity contribution in [2.75, 3.05) is 7.11 Å². The summed E-state index contributed by atoms with van der Waals surface area (Å²) in [4.78, 5) is 27.6. The molecule has 0 aromatic carbocycles. The second-order valence-corrected chi connectivity index (χ2v) is 3.15. The Labute approximate surface area is 86.8 Å². The van der Waals surface area contributed by atoms with Crippen LogP contribution < -0.4 is 11.0 Å². The number of nitrogens with zero attached hydrogens (tertiary/aromatic N) is 2. The maximum atomic E-state index is 11.6. The third kappa shape index (κ3) is 2.04. The van der Waals surface area contributed by atoms with E-state index in [1.165, 1.54) is 14.2 Å². The summed E-state index contributed by atoms with van der Waals surface area (Å²) in [5.41, 5.74) is 2.94. The van der Waals surface area contributed by atoms with E-state index in [0.29, 0.717) is 11.3 Å². The molecule has 0 aliphatic carbocycles. The Balaban J connectivity index is 3.39. The molecule has 6 nitrogen and oxygen atoms in total. The third-order valence-electron chi connectivity index (χ3n) is 2.15. The highest BCUT2D eigenvalue weighted by molar-refractivity contribution is 5.94. The van der Waals surface area contributed by atoms with Crippen LogP contribution in [0.25, 0.3) is 0 Å². The van der Waals surface area contributed by atoms with E-state index in [9.17, 15) is 9.59 Å². The van der Waals surface area contributed by atoms with Crippen molar-refractivity contribution < 1.29 is 9.63 Å². The Morgan fingerprint density at radius 1 is 1.47 bits per heavy atom. The third-order valence-corrected chi connectivity index (χ3v) is 2.15. The van der Waals surface area contributed by atoms with Gasteiger partial charge in [0.05, 0.1) is 12.8 Å². The second-order valence-electron chi connectivity index (χ2n) is 3.15. The number of carbonyl (C=O) groups excluding carboxylic acids is 1. The molecule has 0 bridgehead atoms. The SMILES string of the molecule is CONC(=O)c1c(C)c(C)nn(C)c1=O. The Hall–Kier alpha value is -1.69. The maximum Gasteiger partial charge on any atom is 0.280 e. The van der Waals surface area contributed by atoms with E-state index in [1.807, 2.05) is 0 Å². The number of amides is 1. The van der Waals surface area contributed by atoms with Crippen molar-refractivity contribution in [3.05, 3.63) is 27.2 Å². The van der Waals surface area contributed by atoms with Gasteiger partial charge in [0, 0.05) is 7.05 Å². The number of hydroxylamine groups is 1. The van der Waals surface area contributed by atoms with Crippen LogP contribution in [0.4, 0.5) is 0 Å². The molecule has 0 unspecified atom stereocenters. The molecule has 0 aliphatic heterocycles. The van der Waals surface area contributed by atoms with Gasteiger partial charge in [-0.25, -0.2) is 10.2 Å². The summed E-state index contributed by atoms with van der Waals surface area (Å²) in [7, 11) is 2.81. The molecule has 15 heavy (non-hydrogen) atoms. The first kappa shape index (κ1) is 11.4. The summed E-state index contributed by atoms with van der Waals surface area (Å²) in [5.74, 6) is -0.555. The van der Waals surface area contributed by atoms with Gasteiger partial charge in [-0.3, -0.25) is 14.4 Å². The Kier molecular flexibility index (Phi) is 3.21. The summed E-state index contributed by atoms with van der Waals surface area (Å²) >= 11 is 0. The molecule has 1 N–H and O–H groups in total. The Morgan fingerprint density at radius 3 is 2.60 bits per heavy atom. The number of nitrogens with one attached hydrogen (secondary N) is 1. The first-order chi connectivity index (χ1) is 6.99. The van der Waals surface area contributed by atoms with Crippen LogP contribution in [0, 0.1) is 13.8 Å². The predicted octanol–water partition coefficient (Wildman–Crippen LogP) is -0.312. The number of hydrogen-bond donors (Lipinski definition) is 1. The molecule has 1 aromatic rings. The molecule has 82 valence electrons. The lowest BCUT2D eigenvalue weighted by molar-refractivity contribution is 0.0534. The van der Waals surface area contributed by atoms with Gasteiger partial charge in [-0.1, -0.05) is 0 Å². The second kappa shape index (κ2) is 4.22. The average Bonchev–Trinajstić information content (AvgIpc) is 2.16. The molecule has 0 fully saturated rings. The minimum atomic E-state index is -0.555. The largest absolute Gasteiger partial charge is 0.280 e. The van der Waals surface area contributed by atoms with E-state index >= 15 is 0 Å². The highest BCUT2D eigenvalue weighted by Gasteiger charge is 2.17. The highest BCUT2D eigenvalue weighted by atomic mass is 16.6. The van der Waals surface area contributed by atoms with Crippen LogP contribution >= 0.6 is 0 Å². The smallest absolute Gasteiger partial charge is 0.277 e. The zero-order valence-electron chi connectivity index (χ0n) is 9.12. The molecule has 0 spiro atoms. The van der Waals surface area contributed by atoms with Gasteiger partial charge in [-0.15, -0.1) is 0 Å². The van der Waals surface area contributed by atoms with Gasteiger partial charge in [-0.05, 0) is 19.4 Å². The first-order valence-corrected chi connectivity index (χ1v) is 4.37. The highest BCUT2D eigenvalue weighted by Crippen LogP contribution is 2.05. The molecule has 1 rings (SSSR count). The van der Waals surface area contributed by atoms with Gasteiger partial charge in [0.2, 0.25) is 0 Å². The van der Waals surface area contributed by atoms with Crippen molar-refractivity contribution in [3.63, 3.8) is 0 Å². The molecule has 1 amide bonds. The van der Waals surface area contributed by atoms with Gasteiger partial charge in [0.25, 0.3) is 11.5 Å². The lowest BCUT2D eigenvalue weighted by Crippen LogP contribution is -2.34. The number of carbonyl (C=O) groups is 1. The molecule has 0 aliphatic rings. The molecule has 0 saturated carbocycles. The minimum absolute atomic E-state index is 0.0619. The van der Waals surface area contributed by atoms with Crippen molar-refractivity contribution in [1.29, 1.82) is 0 Å². The van der Waals surface area contributed by atoms with Crippen LogP contribution in [-0.4, -0.2) is 22.8 Å². The number of rotatable bonds is 2. The van der Waals surface area contributed by atoms with E-state index < -0.39 is 11.5 Å². The van der Waals surface area contributed by atoms with Crippen LogP contribution in [0.5, 0.6) is 0 Å². The summed E-state index contributed by atoms with van der Waals surface area (Å²) in [5, 5.41) is 3.96. The van der Waals surface area contributed by atoms with Gasteiger partial charge in [0.15, 0.2) is 0 Å². The summed E-state index contributed by atoms with van der Waals surface area (Å²) in [6, 6.07) is 0. The summed E-state index contributed by atoms with van der Waals surface area (Å²) in [6.07, 6.45) is 0. The zero-order chi connectivity index (χ0) is 11.6. The molecule has 6 heteroatoms. The van der Waals surface area contributed by atoms with E-state index in [4.69, 9.17) is 0 Å². The molecule has 1 heterocycles. The standard InChI is InChI=1S/C9H13N3O3/c1-5-6(2)10-12(3)9(14)7(5)8(13)11-15-4/h1-4H3,(H,11,13). The molecule has 0 radical (unpaired) electrons. The summed E-state index contributed by atoms with van der Waals surface area (Å²) in [6.45, 7) is 3.41. The number of hydrogen-bond acceptors (Lipinski definition) is 4. The van der Waals surface area contributed by atoms with E-state index in [-0.39, 0.29) is 5.56 Å². The molecular formula is C9H13N3O3. The zero-order valence-corrected chi connectivity index (χ0v) is 9.12. The Bertz CT molecular complexity index is 451. The van der Waals surface area contributed by atoms with Crippen LogP contribution in [0.1, 0.15) is 21.6 Å². The normalized spacial score (nSPS) is 10.1. The van der Waals surface area contributed by atoms with Crippen molar-refractivity contribution in [1.82, 2.24) is 15.3 Å².